The molecule has 35 heavy (non-hydrogen) atoms. The Bertz CT molecular complexity index is 1130. The number of hydrogen-bond acceptors (Lipinski definition) is 3. The van der Waals surface area contributed by atoms with Crippen molar-refractivity contribution < 1.29 is 14.3 Å². The van der Waals surface area contributed by atoms with Crippen LogP contribution < -0.4 is 10.1 Å². The molecule has 0 bridgehead atoms. The molecule has 0 fully saturated rings. The number of halogens is 3. The van der Waals surface area contributed by atoms with Gasteiger partial charge in [0.15, 0.2) is 6.61 Å². The molecule has 1 N–H and O–H groups in total. The Morgan fingerprint density at radius 1 is 0.971 bits per heavy atom. The van der Waals surface area contributed by atoms with Crippen LogP contribution in [0.15, 0.2) is 77.3 Å². The first kappa shape index (κ1) is 27.1. The Morgan fingerprint density at radius 2 is 1.69 bits per heavy atom. The van der Waals surface area contributed by atoms with E-state index in [2.05, 4.69) is 21.2 Å². The van der Waals surface area contributed by atoms with Crippen molar-refractivity contribution in [2.45, 2.75) is 32.4 Å². The predicted molar refractivity (Wildman–Crippen MR) is 144 cm³/mol. The maximum atomic E-state index is 13.5. The van der Waals surface area contributed by atoms with Gasteiger partial charge in [0.25, 0.3) is 5.91 Å². The van der Waals surface area contributed by atoms with Crippen molar-refractivity contribution in [2.24, 2.45) is 0 Å². The van der Waals surface area contributed by atoms with Gasteiger partial charge in [0.2, 0.25) is 5.91 Å². The van der Waals surface area contributed by atoms with Gasteiger partial charge in [-0.25, -0.2) is 0 Å². The molecular formula is C27H27BrCl2N2O3. The van der Waals surface area contributed by atoms with Crippen LogP contribution in [0.3, 0.4) is 0 Å². The van der Waals surface area contributed by atoms with Crippen LogP contribution >= 0.6 is 39.1 Å². The summed E-state index contributed by atoms with van der Waals surface area (Å²) in [4.78, 5) is 28.3. The molecule has 0 unspecified atom stereocenters. The highest BCUT2D eigenvalue weighted by Gasteiger charge is 2.30. The quantitative estimate of drug-likeness (QED) is 0.291. The first-order chi connectivity index (χ1) is 16.9. The summed E-state index contributed by atoms with van der Waals surface area (Å²) < 4.78 is 6.66. The maximum Gasteiger partial charge on any atom is 0.261 e. The van der Waals surface area contributed by atoms with Gasteiger partial charge < -0.3 is 15.0 Å². The molecule has 0 aliphatic rings. The maximum absolute atomic E-state index is 13.5. The summed E-state index contributed by atoms with van der Waals surface area (Å²) >= 11 is 15.7. The van der Waals surface area contributed by atoms with Crippen LogP contribution in [0.25, 0.3) is 0 Å². The van der Waals surface area contributed by atoms with E-state index in [4.69, 9.17) is 27.9 Å². The SMILES string of the molecule is CCCNC(=O)[C@H](Cc1ccccc1)N(Cc1ccc(Cl)c(Cl)c1)C(=O)COc1ccc(Br)cc1. The van der Waals surface area contributed by atoms with E-state index in [0.29, 0.717) is 28.8 Å². The van der Waals surface area contributed by atoms with Gasteiger partial charge in [-0.15, -0.1) is 0 Å². The van der Waals surface area contributed by atoms with Gasteiger partial charge in [0.1, 0.15) is 11.8 Å². The lowest BCUT2D eigenvalue weighted by molar-refractivity contribution is -0.142. The highest BCUT2D eigenvalue weighted by Crippen LogP contribution is 2.24. The van der Waals surface area contributed by atoms with Crippen molar-refractivity contribution in [3.63, 3.8) is 0 Å². The van der Waals surface area contributed by atoms with E-state index in [-0.39, 0.29) is 25.0 Å². The van der Waals surface area contributed by atoms with E-state index >= 15 is 0 Å². The summed E-state index contributed by atoms with van der Waals surface area (Å²) in [7, 11) is 0. The van der Waals surface area contributed by atoms with Crippen LogP contribution in [0.1, 0.15) is 24.5 Å². The van der Waals surface area contributed by atoms with E-state index in [1.54, 1.807) is 35.2 Å². The smallest absolute Gasteiger partial charge is 0.261 e. The van der Waals surface area contributed by atoms with Gasteiger partial charge >= 0.3 is 0 Å². The van der Waals surface area contributed by atoms with Crippen molar-refractivity contribution >= 4 is 50.9 Å². The van der Waals surface area contributed by atoms with E-state index in [1.807, 2.05) is 49.4 Å². The Morgan fingerprint density at radius 3 is 2.34 bits per heavy atom. The third kappa shape index (κ3) is 8.27. The average molecular weight is 578 g/mol. The molecule has 184 valence electrons. The van der Waals surface area contributed by atoms with Gasteiger partial charge in [-0.1, -0.05) is 82.5 Å². The standard InChI is InChI=1S/C27H27BrCl2N2O3/c1-2-14-31-27(34)25(16-19-6-4-3-5-7-19)32(17-20-8-13-23(29)24(30)15-20)26(33)18-35-22-11-9-21(28)10-12-22/h3-13,15,25H,2,14,16-18H2,1H3,(H,31,34)/t25-/m0/s1. The molecule has 0 heterocycles. The fourth-order valence-corrected chi connectivity index (χ4v) is 4.10. The summed E-state index contributed by atoms with van der Waals surface area (Å²) in [5.41, 5.74) is 1.71. The minimum atomic E-state index is -0.737. The lowest BCUT2D eigenvalue weighted by Gasteiger charge is -2.31. The van der Waals surface area contributed by atoms with Crippen molar-refractivity contribution in [2.75, 3.05) is 13.2 Å². The minimum Gasteiger partial charge on any atom is -0.484 e. The van der Waals surface area contributed by atoms with Crippen molar-refractivity contribution in [1.82, 2.24) is 10.2 Å². The van der Waals surface area contributed by atoms with Crippen molar-refractivity contribution in [3.8, 4) is 5.75 Å². The number of carbonyl (C=O) groups excluding carboxylic acids is 2. The Kier molecular flexibility index (Phi) is 10.5. The van der Waals surface area contributed by atoms with Crippen LogP contribution in [-0.2, 0) is 22.6 Å². The molecule has 3 rings (SSSR count). The Balaban J connectivity index is 1.90. The molecule has 2 amide bonds. The van der Waals surface area contributed by atoms with E-state index in [9.17, 15) is 9.59 Å². The first-order valence-corrected chi connectivity index (χ1v) is 12.9. The molecule has 0 aliphatic carbocycles. The topological polar surface area (TPSA) is 58.6 Å². The van der Waals surface area contributed by atoms with Crippen LogP contribution in [0.5, 0.6) is 5.75 Å². The van der Waals surface area contributed by atoms with E-state index < -0.39 is 6.04 Å². The Labute approximate surface area is 224 Å². The largest absolute Gasteiger partial charge is 0.484 e. The lowest BCUT2D eigenvalue weighted by Crippen LogP contribution is -2.51. The lowest BCUT2D eigenvalue weighted by atomic mass is 10.0. The van der Waals surface area contributed by atoms with Crippen LogP contribution in [0, 0.1) is 0 Å². The number of rotatable bonds is 11. The fourth-order valence-electron chi connectivity index (χ4n) is 3.51. The normalized spacial score (nSPS) is 11.5. The van der Waals surface area contributed by atoms with Crippen LogP contribution in [-0.4, -0.2) is 35.9 Å². The van der Waals surface area contributed by atoms with Crippen molar-refractivity contribution in [3.05, 3.63) is 98.4 Å². The molecule has 3 aromatic rings. The number of nitrogens with one attached hydrogen (secondary N) is 1. The molecule has 0 saturated heterocycles. The fraction of sp³-hybridized carbons (Fsp3) is 0.259. The number of ether oxygens (including phenoxy) is 1. The summed E-state index contributed by atoms with van der Waals surface area (Å²) in [5, 5.41) is 3.76. The Hall–Kier alpha value is -2.54. The van der Waals surface area contributed by atoms with Crippen molar-refractivity contribution in [1.29, 1.82) is 0 Å². The molecule has 8 heteroatoms. The summed E-state index contributed by atoms with van der Waals surface area (Å²) in [5.74, 6) is 0.0328. The molecule has 3 aromatic carbocycles. The zero-order chi connectivity index (χ0) is 25.2. The second kappa shape index (κ2) is 13.5. The summed E-state index contributed by atoms with van der Waals surface area (Å²) in [6, 6.07) is 21.3. The molecule has 0 spiro atoms. The van der Waals surface area contributed by atoms with Gasteiger partial charge in [-0.05, 0) is 53.9 Å². The number of carbonyl (C=O) groups is 2. The zero-order valence-corrected chi connectivity index (χ0v) is 22.4. The number of amides is 2. The van der Waals surface area contributed by atoms with Gasteiger partial charge in [0.05, 0.1) is 10.0 Å². The second-order valence-electron chi connectivity index (χ2n) is 8.01. The second-order valence-corrected chi connectivity index (χ2v) is 9.74. The highest BCUT2D eigenvalue weighted by molar-refractivity contribution is 9.10. The summed E-state index contributed by atoms with van der Waals surface area (Å²) in [6.45, 7) is 2.47. The average Bonchev–Trinajstić information content (AvgIpc) is 2.86. The highest BCUT2D eigenvalue weighted by atomic mass is 79.9. The molecular weight excluding hydrogens is 551 g/mol. The number of benzene rings is 3. The van der Waals surface area contributed by atoms with E-state index in [1.165, 1.54) is 0 Å². The van der Waals surface area contributed by atoms with Crippen LogP contribution in [0.2, 0.25) is 10.0 Å². The predicted octanol–water partition coefficient (Wildman–Crippen LogP) is 6.30. The molecule has 5 nitrogen and oxygen atoms in total. The van der Waals surface area contributed by atoms with Gasteiger partial charge in [0, 0.05) is 24.0 Å². The van der Waals surface area contributed by atoms with Crippen LogP contribution in [0.4, 0.5) is 0 Å². The van der Waals surface area contributed by atoms with Gasteiger partial charge in [-0.2, -0.15) is 0 Å². The van der Waals surface area contributed by atoms with Gasteiger partial charge in [-0.3, -0.25) is 9.59 Å². The molecule has 0 saturated carbocycles. The molecule has 1 atom stereocenters. The third-order valence-electron chi connectivity index (χ3n) is 5.33. The molecule has 0 radical (unpaired) electrons. The first-order valence-electron chi connectivity index (χ1n) is 11.3. The number of hydrogen-bond donors (Lipinski definition) is 1. The molecule has 0 aliphatic heterocycles. The monoisotopic (exact) mass is 576 g/mol. The van der Waals surface area contributed by atoms with E-state index in [0.717, 1.165) is 22.0 Å². The molecule has 0 aromatic heterocycles. The zero-order valence-electron chi connectivity index (χ0n) is 19.3. The number of nitrogens with zero attached hydrogens (tertiary/aromatic N) is 1. The summed E-state index contributed by atoms with van der Waals surface area (Å²) in [6.07, 6.45) is 1.15. The minimum absolute atomic E-state index is 0.177. The third-order valence-corrected chi connectivity index (χ3v) is 6.60.